The highest BCUT2D eigenvalue weighted by molar-refractivity contribution is 6.08. The Hall–Kier alpha value is -2.90. The third kappa shape index (κ3) is 4.63. The number of carbonyl (C=O) groups excluding carboxylic acids is 4. The minimum absolute atomic E-state index is 0.0890. The summed E-state index contributed by atoms with van der Waals surface area (Å²) in [7, 11) is 0. The molecule has 0 radical (unpaired) electrons. The van der Waals surface area contributed by atoms with Crippen molar-refractivity contribution in [3.63, 3.8) is 0 Å². The van der Waals surface area contributed by atoms with E-state index in [9.17, 15) is 19.2 Å². The van der Waals surface area contributed by atoms with Gasteiger partial charge in [0.1, 0.15) is 12.1 Å². The van der Waals surface area contributed by atoms with E-state index in [1.54, 1.807) is 19.1 Å². The van der Waals surface area contributed by atoms with Crippen LogP contribution in [-0.2, 0) is 24.7 Å². The first-order valence-electron chi connectivity index (χ1n) is 10.4. The van der Waals surface area contributed by atoms with E-state index in [1.165, 1.54) is 0 Å². The zero-order chi connectivity index (χ0) is 21.9. The van der Waals surface area contributed by atoms with Gasteiger partial charge in [-0.25, -0.2) is 4.79 Å². The molecule has 8 nitrogen and oxygen atoms in total. The Morgan fingerprint density at radius 2 is 1.87 bits per heavy atom. The van der Waals surface area contributed by atoms with E-state index in [2.05, 4.69) is 17.6 Å². The Balaban J connectivity index is 1.53. The van der Waals surface area contributed by atoms with Crippen LogP contribution in [0.4, 0.5) is 4.79 Å². The molecule has 1 aromatic carbocycles. The van der Waals surface area contributed by atoms with E-state index >= 15 is 0 Å². The number of carbonyl (C=O) groups is 4. The standard InChI is InChI=1S/C22H29N3O5/c1-14-8-10-16(11-9-14)22(3)20(28)25(21(29)24-22)12-19(27)30-13-18(26)23-17-7-5-4-6-15(17)2/h8-11,15,17H,4-7,12-13H2,1-3H3,(H,23,26)(H,24,29)/t15-,17+,22+/m0/s1. The Morgan fingerprint density at radius 3 is 2.53 bits per heavy atom. The average molecular weight is 415 g/mol. The molecule has 1 saturated carbocycles. The van der Waals surface area contributed by atoms with Crippen molar-refractivity contribution in [1.82, 2.24) is 15.5 Å². The summed E-state index contributed by atoms with van der Waals surface area (Å²) < 4.78 is 5.00. The molecular weight excluding hydrogens is 386 g/mol. The van der Waals surface area contributed by atoms with Crippen LogP contribution in [0.15, 0.2) is 24.3 Å². The first-order chi connectivity index (χ1) is 14.2. The lowest BCUT2D eigenvalue weighted by molar-refractivity contribution is -0.151. The zero-order valence-corrected chi connectivity index (χ0v) is 17.7. The second-order valence-corrected chi connectivity index (χ2v) is 8.41. The van der Waals surface area contributed by atoms with Crippen LogP contribution in [0, 0.1) is 12.8 Å². The maximum atomic E-state index is 12.9. The number of esters is 1. The number of hydrogen-bond acceptors (Lipinski definition) is 5. The molecule has 0 bridgehead atoms. The molecule has 0 spiro atoms. The van der Waals surface area contributed by atoms with Crippen molar-refractivity contribution in [2.45, 2.75) is 58.0 Å². The van der Waals surface area contributed by atoms with E-state index in [1.807, 2.05) is 19.1 Å². The molecular formula is C22H29N3O5. The number of nitrogens with one attached hydrogen (secondary N) is 2. The Labute approximate surface area is 176 Å². The van der Waals surface area contributed by atoms with Crippen molar-refractivity contribution in [3.05, 3.63) is 35.4 Å². The van der Waals surface area contributed by atoms with Crippen molar-refractivity contribution < 1.29 is 23.9 Å². The number of aryl methyl sites for hydroxylation is 1. The van der Waals surface area contributed by atoms with Crippen LogP contribution in [0.5, 0.6) is 0 Å². The summed E-state index contributed by atoms with van der Waals surface area (Å²) in [6, 6.07) is 6.66. The molecule has 4 amide bonds. The van der Waals surface area contributed by atoms with Gasteiger partial charge in [0, 0.05) is 6.04 Å². The Kier molecular flexibility index (Phi) is 6.43. The molecule has 0 aromatic heterocycles. The summed E-state index contributed by atoms with van der Waals surface area (Å²) in [6.45, 7) is 4.65. The molecule has 8 heteroatoms. The lowest BCUT2D eigenvalue weighted by Crippen LogP contribution is -2.44. The molecule has 30 heavy (non-hydrogen) atoms. The van der Waals surface area contributed by atoms with E-state index in [-0.39, 0.29) is 11.9 Å². The fourth-order valence-corrected chi connectivity index (χ4v) is 4.02. The lowest BCUT2D eigenvalue weighted by Gasteiger charge is -2.29. The quantitative estimate of drug-likeness (QED) is 0.546. The molecule has 1 saturated heterocycles. The van der Waals surface area contributed by atoms with Crippen molar-refractivity contribution in [2.24, 2.45) is 5.92 Å². The van der Waals surface area contributed by atoms with E-state index in [4.69, 9.17) is 4.74 Å². The van der Waals surface area contributed by atoms with Gasteiger partial charge in [-0.05, 0) is 38.2 Å². The van der Waals surface area contributed by atoms with Gasteiger partial charge >= 0.3 is 12.0 Å². The lowest BCUT2D eigenvalue weighted by atomic mass is 9.86. The minimum Gasteiger partial charge on any atom is -0.454 e. The van der Waals surface area contributed by atoms with E-state index in [0.717, 1.165) is 36.1 Å². The monoisotopic (exact) mass is 415 g/mol. The number of imide groups is 1. The third-order valence-corrected chi connectivity index (χ3v) is 6.01. The van der Waals surface area contributed by atoms with Gasteiger partial charge in [-0.2, -0.15) is 0 Å². The largest absolute Gasteiger partial charge is 0.454 e. The van der Waals surface area contributed by atoms with Gasteiger partial charge in [0.15, 0.2) is 6.61 Å². The third-order valence-electron chi connectivity index (χ3n) is 6.01. The number of rotatable bonds is 6. The number of benzene rings is 1. The topological polar surface area (TPSA) is 105 Å². The SMILES string of the molecule is Cc1ccc([C@@]2(C)NC(=O)N(CC(=O)OCC(=O)N[C@@H]3CCCC[C@@H]3C)C2=O)cc1. The van der Waals surface area contributed by atoms with Gasteiger partial charge in [-0.15, -0.1) is 0 Å². The van der Waals surface area contributed by atoms with Crippen molar-refractivity contribution >= 4 is 23.8 Å². The molecule has 162 valence electrons. The zero-order valence-electron chi connectivity index (χ0n) is 17.7. The first kappa shape index (κ1) is 21.8. The van der Waals surface area contributed by atoms with Crippen LogP contribution < -0.4 is 10.6 Å². The summed E-state index contributed by atoms with van der Waals surface area (Å²) in [5, 5.41) is 5.54. The first-order valence-corrected chi connectivity index (χ1v) is 10.4. The molecule has 3 rings (SSSR count). The Morgan fingerprint density at radius 1 is 1.20 bits per heavy atom. The highest BCUT2D eigenvalue weighted by Gasteiger charge is 2.49. The molecule has 1 aliphatic heterocycles. The van der Waals surface area contributed by atoms with Crippen LogP contribution in [0.3, 0.4) is 0 Å². The summed E-state index contributed by atoms with van der Waals surface area (Å²) in [5.74, 6) is -1.32. The molecule has 1 aliphatic carbocycles. The van der Waals surface area contributed by atoms with Crippen LogP contribution in [-0.4, -0.2) is 47.9 Å². The summed E-state index contributed by atoms with van der Waals surface area (Å²) >= 11 is 0. The van der Waals surface area contributed by atoms with Gasteiger partial charge in [-0.1, -0.05) is 49.6 Å². The minimum atomic E-state index is -1.25. The van der Waals surface area contributed by atoms with Gasteiger partial charge in [0.25, 0.3) is 11.8 Å². The fourth-order valence-electron chi connectivity index (χ4n) is 4.02. The molecule has 2 fully saturated rings. The highest BCUT2D eigenvalue weighted by Crippen LogP contribution is 2.29. The van der Waals surface area contributed by atoms with Crippen molar-refractivity contribution in [1.29, 1.82) is 0 Å². The van der Waals surface area contributed by atoms with Crippen LogP contribution >= 0.6 is 0 Å². The van der Waals surface area contributed by atoms with E-state index in [0.29, 0.717) is 11.5 Å². The van der Waals surface area contributed by atoms with Crippen molar-refractivity contribution in [2.75, 3.05) is 13.2 Å². The molecule has 1 heterocycles. The molecule has 3 atom stereocenters. The smallest absolute Gasteiger partial charge is 0.326 e. The predicted molar refractivity (Wildman–Crippen MR) is 109 cm³/mol. The highest BCUT2D eigenvalue weighted by atomic mass is 16.5. The fraction of sp³-hybridized carbons (Fsp3) is 0.545. The number of ether oxygens (including phenoxy) is 1. The van der Waals surface area contributed by atoms with E-state index < -0.39 is 36.6 Å². The summed E-state index contributed by atoms with van der Waals surface area (Å²) in [4.78, 5) is 50.3. The number of amides is 4. The average Bonchev–Trinajstić information content (AvgIpc) is 2.92. The summed E-state index contributed by atoms with van der Waals surface area (Å²) in [6.07, 6.45) is 4.22. The molecule has 0 unspecified atom stereocenters. The number of hydrogen-bond donors (Lipinski definition) is 2. The van der Waals surface area contributed by atoms with Crippen molar-refractivity contribution in [3.8, 4) is 0 Å². The molecule has 1 aromatic rings. The number of nitrogens with zero attached hydrogens (tertiary/aromatic N) is 1. The number of urea groups is 1. The normalized spacial score (nSPS) is 26.3. The Bertz CT molecular complexity index is 838. The van der Waals surface area contributed by atoms with Crippen LogP contribution in [0.2, 0.25) is 0 Å². The molecule has 2 N–H and O–H groups in total. The molecule has 2 aliphatic rings. The maximum absolute atomic E-state index is 12.9. The summed E-state index contributed by atoms with van der Waals surface area (Å²) in [5.41, 5.74) is 0.406. The maximum Gasteiger partial charge on any atom is 0.326 e. The van der Waals surface area contributed by atoms with Gasteiger partial charge in [0.2, 0.25) is 0 Å². The second-order valence-electron chi connectivity index (χ2n) is 8.41. The van der Waals surface area contributed by atoms with Gasteiger partial charge in [0.05, 0.1) is 0 Å². The second kappa shape index (κ2) is 8.85. The van der Waals surface area contributed by atoms with Crippen LogP contribution in [0.1, 0.15) is 50.7 Å². The predicted octanol–water partition coefficient (Wildman–Crippen LogP) is 2.00. The van der Waals surface area contributed by atoms with Crippen LogP contribution in [0.25, 0.3) is 0 Å². The van der Waals surface area contributed by atoms with Gasteiger partial charge in [-0.3, -0.25) is 19.3 Å². The van der Waals surface area contributed by atoms with Gasteiger partial charge < -0.3 is 15.4 Å².